The Labute approximate surface area is 456 Å². The fourth-order valence-corrected chi connectivity index (χ4v) is 9.30. The molecular formula is C46H64N2Na2O17S3. The second kappa shape index (κ2) is 29.7. The second-order valence-electron chi connectivity index (χ2n) is 17.3. The molecule has 1 unspecified atom stereocenters. The maximum Gasteiger partial charge on any atom is 1.00 e. The van der Waals surface area contributed by atoms with Crippen LogP contribution in [0.25, 0.3) is 17.4 Å². The van der Waals surface area contributed by atoms with E-state index in [9.17, 15) is 43.7 Å². The first kappa shape index (κ1) is 64.0. The fourth-order valence-electron chi connectivity index (χ4n) is 7.82. The van der Waals surface area contributed by atoms with E-state index in [-0.39, 0.29) is 130 Å². The summed E-state index contributed by atoms with van der Waals surface area (Å²) < 4.78 is 142. The normalized spacial score (nSPS) is 16.4. The molecule has 1 N–H and O–H groups in total. The van der Waals surface area contributed by atoms with E-state index in [0.717, 1.165) is 16.5 Å². The monoisotopic (exact) mass is 1060 g/mol. The van der Waals surface area contributed by atoms with Crippen molar-refractivity contribution in [1.82, 2.24) is 4.58 Å². The number of anilines is 1. The Balaban J connectivity index is 0.00000840. The van der Waals surface area contributed by atoms with Crippen molar-refractivity contribution in [3.05, 3.63) is 82.6 Å². The number of carboxylic acids is 1. The molecule has 0 spiro atoms. The first-order valence-electron chi connectivity index (χ1n) is 22.3. The van der Waals surface area contributed by atoms with E-state index >= 15 is 0 Å². The van der Waals surface area contributed by atoms with Gasteiger partial charge in [0, 0.05) is 52.9 Å². The molecule has 0 aromatic heterocycles. The topological polar surface area (TPSA) is 274 Å². The molecular weight excluding hydrogens is 995 g/mol. The van der Waals surface area contributed by atoms with Crippen molar-refractivity contribution >= 4 is 48.1 Å². The summed E-state index contributed by atoms with van der Waals surface area (Å²) in [5, 5.41) is 9.40. The van der Waals surface area contributed by atoms with Crippen molar-refractivity contribution in [3.8, 4) is 11.3 Å². The van der Waals surface area contributed by atoms with Crippen LogP contribution in [-0.2, 0) is 69.7 Å². The van der Waals surface area contributed by atoms with Crippen molar-refractivity contribution < 1.29 is 136 Å². The molecule has 1 aromatic rings. The molecule has 2 heterocycles. The van der Waals surface area contributed by atoms with Gasteiger partial charge in [0.2, 0.25) is 5.36 Å². The van der Waals surface area contributed by atoms with Crippen LogP contribution in [0.2, 0.25) is 0 Å². The molecule has 0 saturated heterocycles. The molecule has 1 aromatic carbocycles. The Hall–Kier alpha value is -2.07. The van der Waals surface area contributed by atoms with Crippen molar-refractivity contribution in [1.29, 1.82) is 0 Å². The SMILES string of the molecule is CC[N+](CCCS(=O)(=O)[O-])=c1ccc2c(C(C)(C)C)cc(/C=C/C=C3/N(CCOCCOCCOCCOCCOCCC(=O)O)c4ccc(S(=O)(=O)[O-])cc4C3(C)CCCS(=O)(=O)[O-])oc-2c1.[Na+].[Na+]. The fraction of sp³-hybridized carbons (Fsp3) is 0.565. The van der Waals surface area contributed by atoms with Crippen LogP contribution in [-0.4, -0.2) is 147 Å². The molecule has 0 bridgehead atoms. The molecule has 3 aliphatic rings. The van der Waals surface area contributed by atoms with E-state index in [4.69, 9.17) is 33.2 Å². The molecule has 380 valence electrons. The summed E-state index contributed by atoms with van der Waals surface area (Å²) in [5.41, 5.74) is 2.11. The number of hydrogen-bond acceptors (Lipinski definition) is 17. The summed E-state index contributed by atoms with van der Waals surface area (Å²) in [6.07, 6.45) is 5.47. The van der Waals surface area contributed by atoms with Crippen molar-refractivity contribution in [2.24, 2.45) is 0 Å². The number of ether oxygens (including phenoxy) is 5. The molecule has 4 rings (SSSR count). The number of hydrogen-bond donors (Lipinski definition) is 1. The first-order valence-corrected chi connectivity index (χ1v) is 26.9. The number of carboxylic acid groups (broad SMARTS) is 1. The Bertz CT molecular complexity index is 2600. The van der Waals surface area contributed by atoms with Gasteiger partial charge in [0.25, 0.3) is 0 Å². The van der Waals surface area contributed by atoms with Crippen LogP contribution in [0.5, 0.6) is 0 Å². The molecule has 1 atom stereocenters. The van der Waals surface area contributed by atoms with Crippen LogP contribution in [0, 0.1) is 0 Å². The van der Waals surface area contributed by atoms with Gasteiger partial charge in [-0.05, 0) is 85.7 Å². The molecule has 24 heteroatoms. The third-order valence-corrected chi connectivity index (χ3v) is 13.5. The molecule has 2 aliphatic heterocycles. The first-order chi connectivity index (χ1) is 31.9. The van der Waals surface area contributed by atoms with Crippen molar-refractivity contribution in [2.75, 3.05) is 102 Å². The minimum atomic E-state index is -4.88. The minimum Gasteiger partial charge on any atom is -0.748 e. The maximum atomic E-state index is 12.3. The van der Waals surface area contributed by atoms with Crippen LogP contribution in [0.4, 0.5) is 5.69 Å². The van der Waals surface area contributed by atoms with E-state index in [1.807, 2.05) is 40.7 Å². The van der Waals surface area contributed by atoms with E-state index < -0.39 is 58.1 Å². The largest absolute Gasteiger partial charge is 1.00 e. The van der Waals surface area contributed by atoms with Gasteiger partial charge in [-0.15, -0.1) is 0 Å². The summed E-state index contributed by atoms with van der Waals surface area (Å²) in [6.45, 7) is 13.8. The second-order valence-corrected chi connectivity index (χ2v) is 21.7. The van der Waals surface area contributed by atoms with Gasteiger partial charge in [-0.1, -0.05) is 26.8 Å². The minimum absolute atomic E-state index is 0. The number of allylic oxidation sites excluding steroid dienone is 3. The summed E-state index contributed by atoms with van der Waals surface area (Å²) in [5.74, 6) is -1.01. The van der Waals surface area contributed by atoms with Gasteiger partial charge in [0.1, 0.15) is 34.7 Å². The summed E-state index contributed by atoms with van der Waals surface area (Å²) in [6, 6.07) is 11.7. The molecule has 0 fully saturated rings. The molecule has 70 heavy (non-hydrogen) atoms. The molecule has 1 aliphatic carbocycles. The third-order valence-electron chi connectivity index (χ3n) is 11.1. The molecule has 0 amide bonds. The smallest absolute Gasteiger partial charge is 0.748 e. The number of nitrogens with zero attached hydrogens (tertiary/aromatic N) is 2. The average Bonchev–Trinajstić information content (AvgIpc) is 3.46. The Morgan fingerprint density at radius 3 is 1.87 bits per heavy atom. The molecule has 19 nitrogen and oxygen atoms in total. The number of carbonyl (C=O) groups is 1. The zero-order chi connectivity index (χ0) is 50.2. The van der Waals surface area contributed by atoms with Gasteiger partial charge < -0.3 is 51.8 Å². The van der Waals surface area contributed by atoms with Gasteiger partial charge in [-0.2, -0.15) is 0 Å². The van der Waals surface area contributed by atoms with Crippen LogP contribution < -0.4 is 73.9 Å². The Kier molecular flexibility index (Phi) is 27.2. The van der Waals surface area contributed by atoms with E-state index in [0.29, 0.717) is 74.6 Å². The summed E-state index contributed by atoms with van der Waals surface area (Å²) >= 11 is 0. The van der Waals surface area contributed by atoms with Crippen LogP contribution in [0.15, 0.2) is 69.6 Å². The van der Waals surface area contributed by atoms with Crippen LogP contribution in [0.3, 0.4) is 0 Å². The van der Waals surface area contributed by atoms with Gasteiger partial charge in [-0.25, -0.2) is 29.8 Å². The molecule has 0 radical (unpaired) electrons. The van der Waals surface area contributed by atoms with Crippen molar-refractivity contribution in [3.63, 3.8) is 0 Å². The van der Waals surface area contributed by atoms with Gasteiger partial charge in [-0.3, -0.25) is 4.79 Å². The van der Waals surface area contributed by atoms with Crippen LogP contribution in [0.1, 0.15) is 77.2 Å². The third kappa shape index (κ3) is 21.0. The maximum absolute atomic E-state index is 12.3. The number of benzene rings is 2. The average molecular weight is 1060 g/mol. The van der Waals surface area contributed by atoms with E-state index in [2.05, 4.69) is 20.8 Å². The zero-order valence-corrected chi connectivity index (χ0v) is 47.8. The predicted octanol–water partition coefficient (Wildman–Crippen LogP) is -2.12. The number of aliphatic carboxylic acids is 1. The summed E-state index contributed by atoms with van der Waals surface area (Å²) in [4.78, 5) is 12.0. The molecule has 0 saturated carbocycles. The zero-order valence-electron chi connectivity index (χ0n) is 41.3. The van der Waals surface area contributed by atoms with Gasteiger partial charge >= 0.3 is 65.1 Å². The quantitative estimate of drug-likeness (QED) is 0.0324. The standard InChI is InChI=1S/C46H66N2O17S3.2Na/c1-6-47(18-9-31-67(54,55)56)35-12-14-38-39(45(2,3)4)33-36(65-42(38)32-35)10-7-11-43-46(5,17-8-30-66(51,52)53)40-34-37(68(57,58)59)13-15-41(40)48(43)19-21-61-23-25-63-27-29-64-28-26-62-24-22-60-20-16-44(49)50;;/h7,10-15,32-34H,6,8-9,16-31H2,1-5H3,(H3-,49,50,51,52,53,54,55,56,57,58,59);;/q;2*+1/p-2. The van der Waals surface area contributed by atoms with Crippen molar-refractivity contribution in [2.45, 2.75) is 76.0 Å². The Morgan fingerprint density at radius 1 is 0.786 bits per heavy atom. The Morgan fingerprint density at radius 2 is 1.34 bits per heavy atom. The number of fused-ring (bicyclic) bond motifs is 2. The van der Waals surface area contributed by atoms with E-state index in [1.165, 1.54) is 18.2 Å². The number of rotatable bonds is 30. The van der Waals surface area contributed by atoms with Gasteiger partial charge in [0.15, 0.2) is 0 Å². The predicted molar refractivity (Wildman–Crippen MR) is 250 cm³/mol. The van der Waals surface area contributed by atoms with Gasteiger partial charge in [0.05, 0.1) is 104 Å². The van der Waals surface area contributed by atoms with E-state index in [1.54, 1.807) is 25.2 Å². The summed E-state index contributed by atoms with van der Waals surface area (Å²) in [7, 11) is -13.8. The van der Waals surface area contributed by atoms with Crippen LogP contribution >= 0.6 is 0 Å².